The summed E-state index contributed by atoms with van der Waals surface area (Å²) in [6, 6.07) is 9.76. The summed E-state index contributed by atoms with van der Waals surface area (Å²) in [5.41, 5.74) is 4.94. The van der Waals surface area contributed by atoms with Crippen molar-refractivity contribution in [2.45, 2.75) is 13.8 Å². The smallest absolute Gasteiger partial charge is 0.169 e. The Balaban J connectivity index is 2.37. The van der Waals surface area contributed by atoms with E-state index in [0.29, 0.717) is 17.1 Å². The van der Waals surface area contributed by atoms with E-state index < -0.39 is 0 Å². The molecule has 0 aliphatic rings. The Hall–Kier alpha value is -2.62. The van der Waals surface area contributed by atoms with E-state index in [-0.39, 0.29) is 0 Å². The number of carbonyl (C=O) groups excluding carboxylic acids is 1. The summed E-state index contributed by atoms with van der Waals surface area (Å²) in [5.74, 6) is 0.713. The van der Waals surface area contributed by atoms with Gasteiger partial charge in [0.15, 0.2) is 6.29 Å². The standard InChI is InChI=1S/C17H16N2O2/c1-11-6-7-15(21-3)13(9-11)16-14(10-20)19-8-4-5-12(2)17(19)18-16/h4-10H,1-3H3. The van der Waals surface area contributed by atoms with Crippen molar-refractivity contribution >= 4 is 11.9 Å². The summed E-state index contributed by atoms with van der Waals surface area (Å²) in [5, 5.41) is 0. The fourth-order valence-electron chi connectivity index (χ4n) is 2.54. The number of aldehydes is 1. The average Bonchev–Trinajstić information content (AvgIpc) is 2.87. The molecule has 0 saturated carbocycles. The van der Waals surface area contributed by atoms with Gasteiger partial charge in [0, 0.05) is 11.8 Å². The van der Waals surface area contributed by atoms with Gasteiger partial charge in [0.05, 0.1) is 7.11 Å². The van der Waals surface area contributed by atoms with E-state index in [0.717, 1.165) is 28.6 Å². The summed E-state index contributed by atoms with van der Waals surface area (Å²) in [6.07, 6.45) is 2.70. The van der Waals surface area contributed by atoms with Gasteiger partial charge in [-0.2, -0.15) is 0 Å². The molecule has 0 aliphatic heterocycles. The maximum Gasteiger partial charge on any atom is 0.169 e. The van der Waals surface area contributed by atoms with Crippen LogP contribution in [0.2, 0.25) is 0 Å². The maximum atomic E-state index is 11.6. The molecule has 0 amide bonds. The van der Waals surface area contributed by atoms with Gasteiger partial charge >= 0.3 is 0 Å². The molecule has 0 radical (unpaired) electrons. The first-order valence-electron chi connectivity index (χ1n) is 6.73. The Kier molecular flexibility index (Phi) is 3.22. The van der Waals surface area contributed by atoms with E-state index in [1.54, 1.807) is 7.11 Å². The lowest BCUT2D eigenvalue weighted by atomic mass is 10.1. The second-order valence-corrected chi connectivity index (χ2v) is 5.05. The van der Waals surface area contributed by atoms with Crippen molar-refractivity contribution in [3.63, 3.8) is 0 Å². The van der Waals surface area contributed by atoms with E-state index in [9.17, 15) is 4.79 Å². The number of nitrogens with zero attached hydrogens (tertiary/aromatic N) is 2. The Labute approximate surface area is 123 Å². The van der Waals surface area contributed by atoms with Gasteiger partial charge in [-0.3, -0.25) is 9.20 Å². The van der Waals surface area contributed by atoms with Crippen LogP contribution in [0, 0.1) is 13.8 Å². The molecule has 2 heterocycles. The average molecular weight is 280 g/mol. The first-order valence-corrected chi connectivity index (χ1v) is 6.73. The molecule has 3 rings (SSSR count). The van der Waals surface area contributed by atoms with Crippen molar-refractivity contribution in [3.05, 3.63) is 53.3 Å². The zero-order chi connectivity index (χ0) is 15.0. The van der Waals surface area contributed by atoms with Gasteiger partial charge in [-0.05, 0) is 37.6 Å². The topological polar surface area (TPSA) is 43.6 Å². The fraction of sp³-hybridized carbons (Fsp3) is 0.176. The van der Waals surface area contributed by atoms with Crippen LogP contribution in [0.3, 0.4) is 0 Å². The van der Waals surface area contributed by atoms with Crippen LogP contribution in [0.25, 0.3) is 16.9 Å². The predicted octanol–water partition coefficient (Wildman–Crippen LogP) is 3.44. The van der Waals surface area contributed by atoms with Gasteiger partial charge in [-0.15, -0.1) is 0 Å². The molecule has 106 valence electrons. The number of rotatable bonds is 3. The number of methoxy groups -OCH3 is 1. The summed E-state index contributed by atoms with van der Waals surface area (Å²) in [4.78, 5) is 16.2. The molecule has 21 heavy (non-hydrogen) atoms. The molecular formula is C17H16N2O2. The van der Waals surface area contributed by atoms with Gasteiger partial charge in [0.2, 0.25) is 0 Å². The van der Waals surface area contributed by atoms with Gasteiger partial charge in [0.1, 0.15) is 22.8 Å². The molecule has 1 aromatic carbocycles. The summed E-state index contributed by atoms with van der Waals surface area (Å²) >= 11 is 0. The van der Waals surface area contributed by atoms with Gasteiger partial charge < -0.3 is 4.74 Å². The molecular weight excluding hydrogens is 264 g/mol. The molecule has 0 fully saturated rings. The molecule has 0 aliphatic carbocycles. The Morgan fingerprint density at radius 2 is 2.05 bits per heavy atom. The van der Waals surface area contributed by atoms with Crippen LogP contribution in [-0.4, -0.2) is 22.8 Å². The van der Waals surface area contributed by atoms with E-state index >= 15 is 0 Å². The SMILES string of the molecule is COc1ccc(C)cc1-c1nc2c(C)cccn2c1C=O. The molecule has 0 spiro atoms. The highest BCUT2D eigenvalue weighted by Crippen LogP contribution is 2.33. The quantitative estimate of drug-likeness (QED) is 0.690. The van der Waals surface area contributed by atoms with Gasteiger partial charge in [-0.1, -0.05) is 17.7 Å². The molecule has 0 atom stereocenters. The maximum absolute atomic E-state index is 11.6. The third-order valence-corrected chi connectivity index (χ3v) is 3.60. The van der Waals surface area contributed by atoms with Crippen molar-refractivity contribution in [1.82, 2.24) is 9.38 Å². The lowest BCUT2D eigenvalue weighted by molar-refractivity contribution is 0.111. The summed E-state index contributed by atoms with van der Waals surface area (Å²) in [7, 11) is 1.62. The minimum atomic E-state index is 0.539. The van der Waals surface area contributed by atoms with Crippen LogP contribution < -0.4 is 4.74 Å². The fourth-order valence-corrected chi connectivity index (χ4v) is 2.54. The van der Waals surface area contributed by atoms with E-state index in [2.05, 4.69) is 4.98 Å². The molecule has 4 heteroatoms. The first kappa shape index (κ1) is 13.4. The number of hydrogen-bond donors (Lipinski definition) is 0. The van der Waals surface area contributed by atoms with Crippen LogP contribution >= 0.6 is 0 Å². The lowest BCUT2D eigenvalue weighted by Gasteiger charge is -2.07. The number of aryl methyl sites for hydroxylation is 2. The largest absolute Gasteiger partial charge is 0.496 e. The third-order valence-electron chi connectivity index (χ3n) is 3.60. The molecule has 4 nitrogen and oxygen atoms in total. The Morgan fingerprint density at radius 1 is 1.24 bits per heavy atom. The second-order valence-electron chi connectivity index (χ2n) is 5.05. The molecule has 0 N–H and O–H groups in total. The van der Waals surface area contributed by atoms with Crippen LogP contribution in [0.1, 0.15) is 21.6 Å². The molecule has 0 unspecified atom stereocenters. The second kappa shape index (κ2) is 5.05. The number of aromatic nitrogens is 2. The minimum Gasteiger partial charge on any atom is -0.496 e. The summed E-state index contributed by atoms with van der Waals surface area (Å²) < 4.78 is 7.23. The molecule has 0 bridgehead atoms. The number of imidazole rings is 1. The highest BCUT2D eigenvalue weighted by Gasteiger charge is 2.17. The third kappa shape index (κ3) is 2.09. The Bertz CT molecular complexity index is 834. The highest BCUT2D eigenvalue weighted by atomic mass is 16.5. The van der Waals surface area contributed by atoms with Crippen LogP contribution in [0.15, 0.2) is 36.5 Å². The molecule has 3 aromatic rings. The zero-order valence-electron chi connectivity index (χ0n) is 12.3. The Morgan fingerprint density at radius 3 is 2.76 bits per heavy atom. The lowest BCUT2D eigenvalue weighted by Crippen LogP contribution is -1.94. The van der Waals surface area contributed by atoms with Crippen molar-refractivity contribution in [1.29, 1.82) is 0 Å². The zero-order valence-corrected chi connectivity index (χ0v) is 12.3. The normalized spacial score (nSPS) is 10.8. The van der Waals surface area contributed by atoms with Gasteiger partial charge in [0.25, 0.3) is 0 Å². The van der Waals surface area contributed by atoms with Crippen LogP contribution in [-0.2, 0) is 0 Å². The summed E-state index contributed by atoms with van der Waals surface area (Å²) in [6.45, 7) is 3.98. The van der Waals surface area contributed by atoms with E-state index in [1.165, 1.54) is 0 Å². The predicted molar refractivity (Wildman–Crippen MR) is 82.0 cm³/mol. The number of carbonyl (C=O) groups is 1. The van der Waals surface area contributed by atoms with Crippen LogP contribution in [0.5, 0.6) is 5.75 Å². The van der Waals surface area contributed by atoms with E-state index in [4.69, 9.17) is 4.74 Å². The number of benzene rings is 1. The van der Waals surface area contributed by atoms with Gasteiger partial charge in [-0.25, -0.2) is 4.98 Å². The monoisotopic (exact) mass is 280 g/mol. The molecule has 0 saturated heterocycles. The number of pyridine rings is 1. The van der Waals surface area contributed by atoms with Crippen molar-refractivity contribution < 1.29 is 9.53 Å². The first-order chi connectivity index (χ1) is 10.2. The number of fused-ring (bicyclic) bond motifs is 1. The highest BCUT2D eigenvalue weighted by molar-refractivity contribution is 5.88. The number of hydrogen-bond acceptors (Lipinski definition) is 3. The van der Waals surface area contributed by atoms with Crippen molar-refractivity contribution in [2.24, 2.45) is 0 Å². The molecule has 2 aromatic heterocycles. The number of ether oxygens (including phenoxy) is 1. The van der Waals surface area contributed by atoms with Crippen molar-refractivity contribution in [2.75, 3.05) is 7.11 Å². The van der Waals surface area contributed by atoms with Crippen molar-refractivity contribution in [3.8, 4) is 17.0 Å². The van der Waals surface area contributed by atoms with Crippen LogP contribution in [0.4, 0.5) is 0 Å². The minimum absolute atomic E-state index is 0.539. The van der Waals surface area contributed by atoms with E-state index in [1.807, 2.05) is 54.8 Å².